The van der Waals surface area contributed by atoms with Crippen molar-refractivity contribution in [3.63, 3.8) is 0 Å². The summed E-state index contributed by atoms with van der Waals surface area (Å²) in [6.45, 7) is 2.38. The molecule has 78 valence electrons. The fraction of sp³-hybridized carbons (Fsp3) is 0.875. The number of carbonyl (C=O) groups excluding carboxylic acids is 1. The van der Waals surface area contributed by atoms with Gasteiger partial charge in [-0.2, -0.15) is 4.89 Å². The Kier molecular flexibility index (Phi) is 4.90. The molecule has 0 amide bonds. The summed E-state index contributed by atoms with van der Waals surface area (Å²) in [5.74, 6) is -0.763. The van der Waals surface area contributed by atoms with E-state index < -0.39 is 12.1 Å². The SMILES string of the molecule is C[C@H](O)C(=O)OOCC[N+](C)(C)C. The van der Waals surface area contributed by atoms with Crippen molar-refractivity contribution in [2.45, 2.75) is 13.0 Å². The molecule has 0 aromatic carbocycles. The maximum absolute atomic E-state index is 10.7. The normalized spacial score (nSPS) is 13.9. The lowest BCUT2D eigenvalue weighted by Crippen LogP contribution is -2.37. The van der Waals surface area contributed by atoms with E-state index in [0.717, 1.165) is 11.0 Å². The summed E-state index contributed by atoms with van der Waals surface area (Å²) in [6.07, 6.45) is -1.14. The van der Waals surface area contributed by atoms with Crippen molar-refractivity contribution in [2.75, 3.05) is 34.3 Å². The number of hydrogen-bond donors (Lipinski definition) is 1. The third-order valence-corrected chi connectivity index (χ3v) is 1.33. The van der Waals surface area contributed by atoms with E-state index in [4.69, 9.17) is 5.11 Å². The molecule has 1 N–H and O–H groups in total. The summed E-state index contributed by atoms with van der Waals surface area (Å²) in [4.78, 5) is 19.6. The molecule has 0 unspecified atom stereocenters. The second kappa shape index (κ2) is 5.16. The number of nitrogens with zero attached hydrogens (tertiary/aromatic N) is 1. The van der Waals surface area contributed by atoms with Gasteiger partial charge in [0.15, 0.2) is 6.10 Å². The Balaban J connectivity index is 3.42. The van der Waals surface area contributed by atoms with Gasteiger partial charge in [0.25, 0.3) is 0 Å². The topological polar surface area (TPSA) is 55.8 Å². The molecule has 0 radical (unpaired) electrons. The predicted molar refractivity (Wildman–Crippen MR) is 46.6 cm³/mol. The molecule has 0 aliphatic carbocycles. The zero-order chi connectivity index (χ0) is 10.5. The van der Waals surface area contributed by atoms with E-state index in [-0.39, 0.29) is 0 Å². The Hall–Kier alpha value is -0.650. The molecule has 5 nitrogen and oxygen atoms in total. The molecular formula is C8H18NO4+. The van der Waals surface area contributed by atoms with Gasteiger partial charge in [-0.1, -0.05) is 0 Å². The van der Waals surface area contributed by atoms with Crippen molar-refractivity contribution >= 4 is 5.97 Å². The van der Waals surface area contributed by atoms with Crippen molar-refractivity contribution in [1.82, 2.24) is 0 Å². The van der Waals surface area contributed by atoms with E-state index in [9.17, 15) is 4.79 Å². The summed E-state index contributed by atoms with van der Waals surface area (Å²) in [7, 11) is 6.00. The molecule has 0 aliphatic heterocycles. The largest absolute Gasteiger partial charge is 0.382 e. The number of aliphatic hydroxyl groups excluding tert-OH is 1. The smallest absolute Gasteiger partial charge is 0.370 e. The van der Waals surface area contributed by atoms with Crippen molar-refractivity contribution in [3.8, 4) is 0 Å². The minimum Gasteiger partial charge on any atom is -0.382 e. The van der Waals surface area contributed by atoms with Crippen LogP contribution in [-0.2, 0) is 14.6 Å². The average molecular weight is 192 g/mol. The number of rotatable bonds is 5. The van der Waals surface area contributed by atoms with E-state index in [0.29, 0.717) is 6.61 Å². The van der Waals surface area contributed by atoms with Crippen LogP contribution in [0.1, 0.15) is 6.92 Å². The fourth-order valence-corrected chi connectivity index (χ4v) is 0.481. The van der Waals surface area contributed by atoms with Gasteiger partial charge in [-0.25, -0.2) is 4.79 Å². The van der Waals surface area contributed by atoms with Gasteiger partial charge < -0.3 is 9.59 Å². The van der Waals surface area contributed by atoms with Gasteiger partial charge in [0.05, 0.1) is 21.1 Å². The van der Waals surface area contributed by atoms with Gasteiger partial charge in [0.1, 0.15) is 13.2 Å². The van der Waals surface area contributed by atoms with Crippen LogP contribution in [0.3, 0.4) is 0 Å². The van der Waals surface area contributed by atoms with Gasteiger partial charge in [-0.15, -0.1) is 0 Å². The Morgan fingerprint density at radius 3 is 2.38 bits per heavy atom. The summed E-state index contributed by atoms with van der Waals surface area (Å²) >= 11 is 0. The molecule has 13 heavy (non-hydrogen) atoms. The van der Waals surface area contributed by atoms with Crippen LogP contribution in [0, 0.1) is 0 Å². The molecule has 0 spiro atoms. The fourth-order valence-electron chi connectivity index (χ4n) is 0.481. The molecule has 0 aliphatic rings. The summed E-state index contributed by atoms with van der Waals surface area (Å²) in [5.41, 5.74) is 0. The number of hydrogen-bond acceptors (Lipinski definition) is 4. The van der Waals surface area contributed by atoms with Crippen LogP contribution in [0.15, 0.2) is 0 Å². The third-order valence-electron chi connectivity index (χ3n) is 1.33. The van der Waals surface area contributed by atoms with Crippen molar-refractivity contribution in [2.24, 2.45) is 0 Å². The standard InChI is InChI=1S/C8H18NO4/c1-7(10)8(11)13-12-6-5-9(2,3)4/h7,10H,5-6H2,1-4H3/q+1/t7-/m0/s1. The van der Waals surface area contributed by atoms with E-state index in [1.807, 2.05) is 21.1 Å². The highest BCUT2D eigenvalue weighted by molar-refractivity contribution is 5.73. The Labute approximate surface area is 78.4 Å². The van der Waals surface area contributed by atoms with Crippen molar-refractivity contribution in [3.05, 3.63) is 0 Å². The monoisotopic (exact) mass is 192 g/mol. The van der Waals surface area contributed by atoms with Gasteiger partial charge >= 0.3 is 5.97 Å². The lowest BCUT2D eigenvalue weighted by molar-refractivity contribution is -0.871. The Morgan fingerprint density at radius 2 is 2.00 bits per heavy atom. The van der Waals surface area contributed by atoms with Crippen LogP contribution in [-0.4, -0.2) is 56.0 Å². The number of carbonyl (C=O) groups is 1. The van der Waals surface area contributed by atoms with Crippen molar-refractivity contribution in [1.29, 1.82) is 0 Å². The number of quaternary nitrogens is 1. The van der Waals surface area contributed by atoms with Gasteiger partial charge in [-0.3, -0.25) is 4.89 Å². The van der Waals surface area contributed by atoms with Crippen LogP contribution in [0.2, 0.25) is 0 Å². The second-order valence-electron chi connectivity index (χ2n) is 3.91. The maximum Gasteiger partial charge on any atom is 0.370 e. The van der Waals surface area contributed by atoms with Crippen LogP contribution in [0.4, 0.5) is 0 Å². The predicted octanol–water partition coefficient (Wildman–Crippen LogP) is -0.452. The quantitative estimate of drug-likeness (QED) is 0.277. The first-order valence-electron chi connectivity index (χ1n) is 4.15. The second-order valence-corrected chi connectivity index (χ2v) is 3.91. The minimum atomic E-state index is -1.14. The molecule has 0 bridgehead atoms. The average Bonchev–Trinajstić information content (AvgIpc) is 1.95. The van der Waals surface area contributed by atoms with E-state index in [1.165, 1.54) is 6.92 Å². The third kappa shape index (κ3) is 7.70. The highest BCUT2D eigenvalue weighted by atomic mass is 17.2. The molecule has 0 rings (SSSR count). The highest BCUT2D eigenvalue weighted by Crippen LogP contribution is 1.92. The molecule has 0 heterocycles. The lowest BCUT2D eigenvalue weighted by atomic mass is 10.4. The van der Waals surface area contributed by atoms with Crippen molar-refractivity contribution < 1.29 is 24.2 Å². The Morgan fingerprint density at radius 1 is 1.46 bits per heavy atom. The van der Waals surface area contributed by atoms with E-state index in [2.05, 4.69) is 9.78 Å². The van der Waals surface area contributed by atoms with Crippen LogP contribution < -0.4 is 0 Å². The molecule has 0 saturated carbocycles. The van der Waals surface area contributed by atoms with Gasteiger partial charge in [-0.05, 0) is 6.92 Å². The Bertz CT molecular complexity index is 162. The first-order chi connectivity index (χ1) is 5.83. The number of aliphatic hydroxyl groups is 1. The molecule has 1 atom stereocenters. The molecule has 0 aromatic heterocycles. The highest BCUT2D eigenvalue weighted by Gasteiger charge is 2.12. The first-order valence-corrected chi connectivity index (χ1v) is 4.15. The zero-order valence-electron chi connectivity index (χ0n) is 8.61. The molecule has 0 aromatic rings. The van der Waals surface area contributed by atoms with Crippen LogP contribution in [0.25, 0.3) is 0 Å². The summed E-state index contributed by atoms with van der Waals surface area (Å²) in [6, 6.07) is 0. The lowest BCUT2D eigenvalue weighted by Gasteiger charge is -2.22. The molecular weight excluding hydrogens is 174 g/mol. The van der Waals surface area contributed by atoms with E-state index in [1.54, 1.807) is 0 Å². The minimum absolute atomic E-state index is 0.321. The number of likely N-dealkylation sites (N-methyl/N-ethyl adjacent to an activating group) is 1. The summed E-state index contributed by atoms with van der Waals surface area (Å²) < 4.78 is 0.728. The first kappa shape index (κ1) is 12.3. The molecule has 0 fully saturated rings. The van der Waals surface area contributed by atoms with Gasteiger partial charge in [0, 0.05) is 0 Å². The molecule has 0 saturated heterocycles. The maximum atomic E-state index is 10.7. The van der Waals surface area contributed by atoms with Gasteiger partial charge in [0.2, 0.25) is 0 Å². The zero-order valence-corrected chi connectivity index (χ0v) is 8.61. The summed E-state index contributed by atoms with van der Waals surface area (Å²) in [5, 5.41) is 8.72. The molecule has 5 heteroatoms. The van der Waals surface area contributed by atoms with Crippen LogP contribution in [0.5, 0.6) is 0 Å². The van der Waals surface area contributed by atoms with Crippen LogP contribution >= 0.6 is 0 Å². The van der Waals surface area contributed by atoms with E-state index >= 15 is 0 Å².